The summed E-state index contributed by atoms with van der Waals surface area (Å²) in [6.45, 7) is 0. The number of phenolic OH excluding ortho intramolecular Hbond substituents is 1. The first-order valence-corrected chi connectivity index (χ1v) is 8.54. The van der Waals surface area contributed by atoms with Crippen molar-refractivity contribution in [2.24, 2.45) is 5.10 Å². The van der Waals surface area contributed by atoms with Gasteiger partial charge in [0.1, 0.15) is 12.2 Å². The van der Waals surface area contributed by atoms with Gasteiger partial charge in [-0.15, -0.1) is 0 Å². The Morgan fingerprint density at radius 2 is 1.85 bits per heavy atom. The highest BCUT2D eigenvalue weighted by molar-refractivity contribution is 9.10. The normalized spacial score (nSPS) is 10.5. The first-order valence-electron chi connectivity index (χ1n) is 7.75. The lowest BCUT2D eigenvalue weighted by Gasteiger charge is -2.07. The highest BCUT2D eigenvalue weighted by Gasteiger charge is 2.10. The summed E-state index contributed by atoms with van der Waals surface area (Å²) < 4.78 is 10.7. The third kappa shape index (κ3) is 6.00. The molecule has 27 heavy (non-hydrogen) atoms. The average molecular weight is 436 g/mol. The molecule has 0 aromatic heterocycles. The van der Waals surface area contributed by atoms with Crippen LogP contribution in [0, 0.1) is 0 Å². The van der Waals surface area contributed by atoms with Crippen LogP contribution >= 0.6 is 15.9 Å². The molecular formula is C18H18BrN3O5. The van der Waals surface area contributed by atoms with Crippen molar-refractivity contribution < 1.29 is 24.2 Å². The number of nitrogens with zero attached hydrogens (tertiary/aromatic N) is 1. The van der Waals surface area contributed by atoms with E-state index in [1.807, 2.05) is 0 Å². The fourth-order valence-corrected chi connectivity index (χ4v) is 2.54. The molecule has 3 N–H and O–H groups in total. The topological polar surface area (TPSA) is 109 Å². The molecule has 0 atom stereocenters. The van der Waals surface area contributed by atoms with Crippen LogP contribution in [0.15, 0.2) is 46.0 Å². The van der Waals surface area contributed by atoms with E-state index in [-0.39, 0.29) is 11.5 Å². The van der Waals surface area contributed by atoms with Crippen LogP contribution in [0.25, 0.3) is 0 Å². The van der Waals surface area contributed by atoms with Crippen LogP contribution < -0.4 is 20.2 Å². The second kappa shape index (κ2) is 9.58. The van der Waals surface area contributed by atoms with Crippen LogP contribution in [0.3, 0.4) is 0 Å². The molecular weight excluding hydrogens is 418 g/mol. The molecule has 0 heterocycles. The Morgan fingerprint density at radius 3 is 2.48 bits per heavy atom. The highest BCUT2D eigenvalue weighted by atomic mass is 79.9. The zero-order chi connectivity index (χ0) is 19.8. The number of hydrazone groups is 1. The van der Waals surface area contributed by atoms with E-state index in [0.29, 0.717) is 21.5 Å². The van der Waals surface area contributed by atoms with Gasteiger partial charge >= 0.3 is 0 Å². The minimum absolute atomic E-state index is 0.115. The van der Waals surface area contributed by atoms with E-state index < -0.39 is 18.2 Å². The Hall–Kier alpha value is -3.07. The number of ether oxygens (including phenoxy) is 2. The van der Waals surface area contributed by atoms with Gasteiger partial charge in [-0.05, 0) is 36.4 Å². The Bertz CT molecular complexity index is 853. The van der Waals surface area contributed by atoms with Crippen molar-refractivity contribution in [2.45, 2.75) is 6.42 Å². The summed E-state index contributed by atoms with van der Waals surface area (Å²) >= 11 is 3.28. The molecule has 0 aliphatic heterocycles. The highest BCUT2D eigenvalue weighted by Crippen LogP contribution is 2.32. The van der Waals surface area contributed by atoms with Crippen LogP contribution in [0.5, 0.6) is 17.2 Å². The van der Waals surface area contributed by atoms with Crippen molar-refractivity contribution in [3.05, 3.63) is 46.4 Å². The lowest BCUT2D eigenvalue weighted by Crippen LogP contribution is -2.24. The number of aromatic hydroxyl groups is 1. The van der Waals surface area contributed by atoms with Gasteiger partial charge < -0.3 is 19.9 Å². The zero-order valence-corrected chi connectivity index (χ0v) is 16.2. The maximum absolute atomic E-state index is 11.9. The summed E-state index contributed by atoms with van der Waals surface area (Å²) in [6, 6.07) is 9.91. The number of methoxy groups -OCH3 is 2. The molecule has 0 bridgehead atoms. The SMILES string of the molecule is COc1ccc(NC(=O)CC(=O)N/N=C/c2cc(Br)cc(OC)c2O)cc1. The van der Waals surface area contributed by atoms with E-state index in [2.05, 4.69) is 31.8 Å². The van der Waals surface area contributed by atoms with Crippen molar-refractivity contribution in [2.75, 3.05) is 19.5 Å². The molecule has 0 radical (unpaired) electrons. The molecule has 0 saturated heterocycles. The Labute approximate surface area is 164 Å². The quantitative estimate of drug-likeness (QED) is 0.351. The van der Waals surface area contributed by atoms with Crippen LogP contribution in [0.1, 0.15) is 12.0 Å². The molecule has 0 unspecified atom stereocenters. The van der Waals surface area contributed by atoms with Crippen molar-refractivity contribution in [3.63, 3.8) is 0 Å². The van der Waals surface area contributed by atoms with Crippen LogP contribution in [-0.2, 0) is 9.59 Å². The summed E-state index contributed by atoms with van der Waals surface area (Å²) in [5.74, 6) is -0.280. The van der Waals surface area contributed by atoms with Gasteiger partial charge in [-0.25, -0.2) is 5.43 Å². The van der Waals surface area contributed by atoms with Gasteiger partial charge in [0, 0.05) is 15.7 Å². The lowest BCUT2D eigenvalue weighted by atomic mass is 10.2. The molecule has 9 heteroatoms. The first-order chi connectivity index (χ1) is 12.9. The second-order valence-corrected chi connectivity index (χ2v) is 6.21. The van der Waals surface area contributed by atoms with Crippen molar-refractivity contribution >= 4 is 39.6 Å². The number of carbonyl (C=O) groups excluding carboxylic acids is 2. The lowest BCUT2D eigenvalue weighted by molar-refractivity contribution is -0.126. The summed E-state index contributed by atoms with van der Waals surface area (Å²) in [4.78, 5) is 23.7. The second-order valence-electron chi connectivity index (χ2n) is 5.29. The minimum Gasteiger partial charge on any atom is -0.504 e. The molecule has 0 saturated carbocycles. The number of hydrogen-bond acceptors (Lipinski definition) is 6. The van der Waals surface area contributed by atoms with E-state index in [0.717, 1.165) is 0 Å². The Morgan fingerprint density at radius 1 is 1.15 bits per heavy atom. The van der Waals surface area contributed by atoms with Gasteiger partial charge in [0.2, 0.25) is 11.8 Å². The molecule has 2 amide bonds. The standard InChI is InChI=1S/C18H18BrN3O5/c1-26-14-5-3-13(4-6-14)21-16(23)9-17(24)22-20-10-11-7-12(19)8-15(27-2)18(11)25/h3-8,10,25H,9H2,1-2H3,(H,21,23)(H,22,24)/b20-10+. The van der Waals surface area contributed by atoms with E-state index in [4.69, 9.17) is 9.47 Å². The van der Waals surface area contributed by atoms with Crippen LogP contribution in [0.4, 0.5) is 5.69 Å². The summed E-state index contributed by atoms with van der Waals surface area (Å²) in [5.41, 5.74) is 3.11. The van der Waals surface area contributed by atoms with E-state index >= 15 is 0 Å². The fraction of sp³-hybridized carbons (Fsp3) is 0.167. The number of rotatable bonds is 7. The van der Waals surface area contributed by atoms with E-state index in [1.54, 1.807) is 43.5 Å². The third-order valence-electron chi connectivity index (χ3n) is 3.38. The zero-order valence-electron chi connectivity index (χ0n) is 14.7. The molecule has 142 valence electrons. The predicted molar refractivity (Wildman–Crippen MR) is 104 cm³/mol. The first kappa shape index (κ1) is 20.2. The summed E-state index contributed by atoms with van der Waals surface area (Å²) in [7, 11) is 2.97. The number of carbonyl (C=O) groups is 2. The monoisotopic (exact) mass is 435 g/mol. The summed E-state index contributed by atoms with van der Waals surface area (Å²) in [5, 5.41) is 16.3. The largest absolute Gasteiger partial charge is 0.504 e. The summed E-state index contributed by atoms with van der Waals surface area (Å²) in [6.07, 6.45) is 0.846. The van der Waals surface area contributed by atoms with Gasteiger partial charge in [-0.2, -0.15) is 5.10 Å². The molecule has 0 fully saturated rings. The molecule has 8 nitrogen and oxygen atoms in total. The van der Waals surface area contributed by atoms with Gasteiger partial charge in [0.25, 0.3) is 0 Å². The number of hydrogen-bond donors (Lipinski definition) is 3. The Balaban J connectivity index is 1.89. The number of amides is 2. The molecule has 2 aromatic carbocycles. The fourth-order valence-electron chi connectivity index (χ4n) is 2.09. The molecule has 2 aromatic rings. The van der Waals surface area contributed by atoms with E-state index in [1.165, 1.54) is 13.3 Å². The molecule has 2 rings (SSSR count). The number of benzene rings is 2. The maximum Gasteiger partial charge on any atom is 0.249 e. The molecule has 0 spiro atoms. The number of phenols is 1. The number of nitrogens with one attached hydrogen (secondary N) is 2. The van der Waals surface area contributed by atoms with Gasteiger partial charge in [0.05, 0.1) is 20.4 Å². The van der Waals surface area contributed by atoms with Crippen LogP contribution in [0.2, 0.25) is 0 Å². The van der Waals surface area contributed by atoms with Crippen molar-refractivity contribution in [3.8, 4) is 17.2 Å². The minimum atomic E-state index is -0.598. The van der Waals surface area contributed by atoms with Crippen molar-refractivity contribution in [1.82, 2.24) is 5.43 Å². The third-order valence-corrected chi connectivity index (χ3v) is 3.83. The van der Waals surface area contributed by atoms with Crippen LogP contribution in [-0.4, -0.2) is 37.4 Å². The smallest absolute Gasteiger partial charge is 0.249 e. The van der Waals surface area contributed by atoms with Crippen molar-refractivity contribution in [1.29, 1.82) is 0 Å². The average Bonchev–Trinajstić information content (AvgIpc) is 2.64. The van der Waals surface area contributed by atoms with Gasteiger partial charge in [-0.3, -0.25) is 9.59 Å². The predicted octanol–water partition coefficient (Wildman–Crippen LogP) is 2.65. The maximum atomic E-state index is 11.9. The molecule has 0 aliphatic carbocycles. The van der Waals surface area contributed by atoms with Gasteiger partial charge in [-0.1, -0.05) is 15.9 Å². The van der Waals surface area contributed by atoms with Gasteiger partial charge in [0.15, 0.2) is 11.5 Å². The number of anilines is 1. The number of halogens is 1. The molecule has 0 aliphatic rings. The Kier molecular flexibility index (Phi) is 7.18. The van der Waals surface area contributed by atoms with E-state index in [9.17, 15) is 14.7 Å².